The molecule has 0 saturated heterocycles. The molecule has 0 aliphatic heterocycles. The standard InChI is InChI=1S/C14H22N4/c1-2-3-11-18(13-9-10-13)14(17-15)16-12-7-5-4-6-8-12/h4-8,13H,2-3,9-11,15H2,1H3,(H,16,17). The van der Waals surface area contributed by atoms with Crippen LogP contribution in [0.1, 0.15) is 32.6 Å². The quantitative estimate of drug-likeness (QED) is 0.363. The summed E-state index contributed by atoms with van der Waals surface area (Å²) in [4.78, 5) is 6.90. The predicted molar refractivity (Wildman–Crippen MR) is 75.5 cm³/mol. The Morgan fingerprint density at radius 3 is 2.67 bits per heavy atom. The summed E-state index contributed by atoms with van der Waals surface area (Å²) in [7, 11) is 0. The van der Waals surface area contributed by atoms with Crippen molar-refractivity contribution in [3.8, 4) is 0 Å². The number of rotatable bonds is 5. The molecule has 3 N–H and O–H groups in total. The molecule has 0 heterocycles. The number of benzene rings is 1. The van der Waals surface area contributed by atoms with Crippen LogP contribution < -0.4 is 11.3 Å². The van der Waals surface area contributed by atoms with Crippen molar-refractivity contribution in [3.05, 3.63) is 30.3 Å². The molecule has 1 aliphatic carbocycles. The molecule has 4 heteroatoms. The van der Waals surface area contributed by atoms with Gasteiger partial charge in [-0.2, -0.15) is 0 Å². The Bertz CT molecular complexity index is 384. The molecule has 2 rings (SSSR count). The average Bonchev–Trinajstić information content (AvgIpc) is 3.23. The SMILES string of the molecule is CCCCN(C(=Nc1ccccc1)NN)C1CC1. The molecule has 1 saturated carbocycles. The van der Waals surface area contributed by atoms with Crippen LogP contribution in [0.4, 0.5) is 5.69 Å². The zero-order valence-corrected chi connectivity index (χ0v) is 11.0. The van der Waals surface area contributed by atoms with Crippen molar-refractivity contribution in [2.45, 2.75) is 38.6 Å². The number of hydrogen-bond acceptors (Lipinski definition) is 2. The molecule has 1 aliphatic rings. The summed E-state index contributed by atoms with van der Waals surface area (Å²) in [6, 6.07) is 10.6. The molecule has 0 amide bonds. The molecule has 4 nitrogen and oxygen atoms in total. The molecular formula is C14H22N4. The van der Waals surface area contributed by atoms with Gasteiger partial charge in [0.25, 0.3) is 0 Å². The maximum absolute atomic E-state index is 5.64. The highest BCUT2D eigenvalue weighted by atomic mass is 15.4. The number of hydrogen-bond donors (Lipinski definition) is 2. The van der Waals surface area contributed by atoms with Crippen molar-refractivity contribution >= 4 is 11.6 Å². The molecule has 0 bridgehead atoms. The second-order valence-corrected chi connectivity index (χ2v) is 4.69. The van der Waals surface area contributed by atoms with E-state index >= 15 is 0 Å². The molecule has 1 aromatic rings. The fourth-order valence-corrected chi connectivity index (χ4v) is 1.98. The Morgan fingerprint density at radius 2 is 2.11 bits per heavy atom. The molecule has 1 aromatic carbocycles. The Labute approximate surface area is 109 Å². The molecule has 18 heavy (non-hydrogen) atoms. The van der Waals surface area contributed by atoms with Crippen molar-refractivity contribution in [2.75, 3.05) is 6.54 Å². The van der Waals surface area contributed by atoms with Crippen LogP contribution in [-0.4, -0.2) is 23.4 Å². The van der Waals surface area contributed by atoms with Crippen LogP contribution in [0.5, 0.6) is 0 Å². The Hall–Kier alpha value is -1.55. The minimum absolute atomic E-state index is 0.620. The van der Waals surface area contributed by atoms with Crippen molar-refractivity contribution in [2.24, 2.45) is 10.8 Å². The summed E-state index contributed by atoms with van der Waals surface area (Å²) in [5, 5.41) is 0. The Balaban J connectivity index is 2.11. The molecule has 98 valence electrons. The van der Waals surface area contributed by atoms with E-state index in [1.54, 1.807) is 0 Å². The molecule has 0 unspecified atom stereocenters. The van der Waals surface area contributed by atoms with Gasteiger partial charge in [0.2, 0.25) is 5.96 Å². The van der Waals surface area contributed by atoms with Crippen LogP contribution in [0.25, 0.3) is 0 Å². The van der Waals surface area contributed by atoms with Gasteiger partial charge in [0.05, 0.1) is 5.69 Å². The lowest BCUT2D eigenvalue weighted by Gasteiger charge is -2.25. The molecule has 0 atom stereocenters. The van der Waals surface area contributed by atoms with Crippen molar-refractivity contribution in [3.63, 3.8) is 0 Å². The first-order chi connectivity index (χ1) is 8.85. The van der Waals surface area contributed by atoms with Gasteiger partial charge in [-0.05, 0) is 31.4 Å². The van der Waals surface area contributed by atoms with E-state index in [4.69, 9.17) is 5.84 Å². The van der Waals surface area contributed by atoms with E-state index in [-0.39, 0.29) is 0 Å². The summed E-state index contributed by atoms with van der Waals surface area (Å²) < 4.78 is 0. The van der Waals surface area contributed by atoms with E-state index < -0.39 is 0 Å². The third-order valence-corrected chi connectivity index (χ3v) is 3.13. The lowest BCUT2D eigenvalue weighted by molar-refractivity contribution is 0.385. The zero-order chi connectivity index (χ0) is 12.8. The summed E-state index contributed by atoms with van der Waals surface area (Å²) in [6.07, 6.45) is 4.86. The normalized spacial score (nSPS) is 15.6. The fraction of sp³-hybridized carbons (Fsp3) is 0.500. The number of para-hydroxylation sites is 1. The van der Waals surface area contributed by atoms with Crippen LogP contribution in [-0.2, 0) is 0 Å². The third-order valence-electron chi connectivity index (χ3n) is 3.13. The Kier molecular flexibility index (Phi) is 4.59. The monoisotopic (exact) mass is 246 g/mol. The van der Waals surface area contributed by atoms with Crippen molar-refractivity contribution in [1.29, 1.82) is 0 Å². The van der Waals surface area contributed by atoms with Crippen LogP contribution in [0, 0.1) is 0 Å². The van der Waals surface area contributed by atoms with E-state index in [0.717, 1.165) is 18.2 Å². The number of unbranched alkanes of at least 4 members (excludes halogenated alkanes) is 1. The lowest BCUT2D eigenvalue weighted by Crippen LogP contribution is -2.46. The highest BCUT2D eigenvalue weighted by Crippen LogP contribution is 2.27. The van der Waals surface area contributed by atoms with Gasteiger partial charge in [0.15, 0.2) is 0 Å². The zero-order valence-electron chi connectivity index (χ0n) is 11.0. The minimum Gasteiger partial charge on any atom is -0.339 e. The van der Waals surface area contributed by atoms with Crippen molar-refractivity contribution in [1.82, 2.24) is 10.3 Å². The molecule has 0 spiro atoms. The number of nitrogens with two attached hydrogens (primary N) is 1. The second-order valence-electron chi connectivity index (χ2n) is 4.69. The number of aliphatic imine (C=N–C) groups is 1. The van der Waals surface area contributed by atoms with Gasteiger partial charge >= 0.3 is 0 Å². The summed E-state index contributed by atoms with van der Waals surface area (Å²) in [5.41, 5.74) is 3.69. The van der Waals surface area contributed by atoms with E-state index in [2.05, 4.69) is 22.2 Å². The first-order valence-corrected chi connectivity index (χ1v) is 6.72. The predicted octanol–water partition coefficient (Wildman–Crippen LogP) is 2.40. The summed E-state index contributed by atoms with van der Waals surface area (Å²) >= 11 is 0. The minimum atomic E-state index is 0.620. The second kappa shape index (κ2) is 6.40. The van der Waals surface area contributed by atoms with Gasteiger partial charge in [-0.15, -0.1) is 0 Å². The number of hydrazine groups is 1. The van der Waals surface area contributed by atoms with Crippen LogP contribution in [0.3, 0.4) is 0 Å². The summed E-state index contributed by atoms with van der Waals surface area (Å²) in [6.45, 7) is 3.23. The van der Waals surface area contributed by atoms with Gasteiger partial charge in [-0.25, -0.2) is 10.8 Å². The van der Waals surface area contributed by atoms with E-state index in [1.807, 2.05) is 30.3 Å². The molecule has 0 aromatic heterocycles. The molecule has 0 radical (unpaired) electrons. The summed E-state index contributed by atoms with van der Waals surface area (Å²) in [5.74, 6) is 6.43. The van der Waals surface area contributed by atoms with Gasteiger partial charge in [-0.1, -0.05) is 31.5 Å². The number of guanidine groups is 1. The third kappa shape index (κ3) is 3.47. The van der Waals surface area contributed by atoms with E-state index in [9.17, 15) is 0 Å². The first-order valence-electron chi connectivity index (χ1n) is 6.72. The van der Waals surface area contributed by atoms with Gasteiger partial charge in [0.1, 0.15) is 0 Å². The highest BCUT2D eigenvalue weighted by Gasteiger charge is 2.30. The van der Waals surface area contributed by atoms with Gasteiger partial charge in [-0.3, -0.25) is 5.43 Å². The molecular weight excluding hydrogens is 224 g/mol. The van der Waals surface area contributed by atoms with Crippen LogP contribution in [0.2, 0.25) is 0 Å². The smallest absolute Gasteiger partial charge is 0.213 e. The number of nitrogens with zero attached hydrogens (tertiary/aromatic N) is 2. The van der Waals surface area contributed by atoms with Crippen LogP contribution >= 0.6 is 0 Å². The maximum Gasteiger partial charge on any atom is 0.213 e. The maximum atomic E-state index is 5.64. The van der Waals surface area contributed by atoms with Gasteiger partial charge in [0, 0.05) is 12.6 Å². The largest absolute Gasteiger partial charge is 0.339 e. The first kappa shape index (κ1) is 12.9. The average molecular weight is 246 g/mol. The van der Waals surface area contributed by atoms with Gasteiger partial charge < -0.3 is 4.90 Å². The number of nitrogens with one attached hydrogen (secondary N) is 1. The topological polar surface area (TPSA) is 53.6 Å². The highest BCUT2D eigenvalue weighted by molar-refractivity contribution is 5.82. The van der Waals surface area contributed by atoms with E-state index in [0.29, 0.717) is 6.04 Å². The lowest BCUT2D eigenvalue weighted by atomic mass is 10.3. The molecule has 1 fully saturated rings. The fourth-order valence-electron chi connectivity index (χ4n) is 1.98. The van der Waals surface area contributed by atoms with E-state index in [1.165, 1.54) is 25.7 Å². The van der Waals surface area contributed by atoms with Crippen LogP contribution in [0.15, 0.2) is 35.3 Å². The van der Waals surface area contributed by atoms with Crippen molar-refractivity contribution < 1.29 is 0 Å². The Morgan fingerprint density at radius 1 is 1.39 bits per heavy atom.